The molecular weight excluding hydrogens is 1330 g/mol. The molecule has 0 aromatic heterocycles. The van der Waals surface area contributed by atoms with Crippen LogP contribution in [0.2, 0.25) is 0 Å². The van der Waals surface area contributed by atoms with Crippen LogP contribution in [0.3, 0.4) is 0 Å². The number of imide groups is 1. The van der Waals surface area contributed by atoms with Gasteiger partial charge in [0.05, 0.1) is 6.54 Å². The van der Waals surface area contributed by atoms with Gasteiger partial charge in [0.15, 0.2) is 0 Å². The molecule has 91 heavy (non-hydrogen) atoms. The molecule has 8 N–H and O–H groups in total. The molecule has 1 aromatic carbocycles. The summed E-state index contributed by atoms with van der Waals surface area (Å²) >= 11 is 3.17. The van der Waals surface area contributed by atoms with Gasteiger partial charge in [-0.05, 0) is 81.5 Å². The summed E-state index contributed by atoms with van der Waals surface area (Å²) in [6, 6.07) is 0.108. The van der Waals surface area contributed by atoms with Gasteiger partial charge in [-0.25, -0.2) is 0 Å². The molecule has 0 bridgehead atoms. The third kappa shape index (κ3) is 23.0. The highest BCUT2D eigenvalue weighted by Gasteiger charge is 2.41. The van der Waals surface area contributed by atoms with E-state index in [9.17, 15) is 56.1 Å². The van der Waals surface area contributed by atoms with Crippen LogP contribution in [0.5, 0.6) is 5.75 Å². The molecule has 502 valence electrons. The number of alkyl halides is 1. The number of esters is 1. The van der Waals surface area contributed by atoms with Gasteiger partial charge in [-0.1, -0.05) is 97.9 Å². The van der Waals surface area contributed by atoms with E-state index >= 15 is 4.79 Å². The van der Waals surface area contributed by atoms with Gasteiger partial charge in [-0.15, -0.1) is 11.8 Å². The molecule has 1 fully saturated rings. The smallest absolute Gasteiger partial charge is 0.446 e. The summed E-state index contributed by atoms with van der Waals surface area (Å²) in [5, 5.41) is 22.8. The van der Waals surface area contributed by atoms with Crippen LogP contribution in [-0.4, -0.2) is 209 Å². The number of nitrogens with two attached hydrogens (primary N) is 1. The number of ether oxygens (including phenoxy) is 1. The Morgan fingerprint density at radius 1 is 0.890 bits per heavy atom. The second kappa shape index (κ2) is 36.3. The fourth-order valence-electron chi connectivity index (χ4n) is 10.8. The van der Waals surface area contributed by atoms with Crippen molar-refractivity contribution in [2.24, 2.45) is 28.0 Å². The number of likely N-dealkylation sites (N-methyl/N-ethyl adjacent to an activating group) is 2. The zero-order valence-corrected chi connectivity index (χ0v) is 56.6. The predicted molar refractivity (Wildman–Crippen MR) is 347 cm³/mol. The van der Waals surface area contributed by atoms with E-state index < -0.39 is 97.4 Å². The van der Waals surface area contributed by atoms with Crippen molar-refractivity contribution in [3.05, 3.63) is 76.9 Å². The summed E-state index contributed by atoms with van der Waals surface area (Å²) in [6.07, 6.45) is 10.2. The van der Waals surface area contributed by atoms with Crippen LogP contribution >= 0.6 is 34.4 Å². The first-order valence-corrected chi connectivity index (χ1v) is 34.0. The second-order valence-corrected chi connectivity index (χ2v) is 26.7. The summed E-state index contributed by atoms with van der Waals surface area (Å²) in [6.45, 7) is 10.3. The Balaban J connectivity index is 1.39. The highest BCUT2D eigenvalue weighted by atomic mass is 127. The number of carbonyl (C=O) groups is 10. The number of thioether (sulfide) groups is 1. The van der Waals surface area contributed by atoms with Crippen molar-refractivity contribution < 1.29 is 69.8 Å². The summed E-state index contributed by atoms with van der Waals surface area (Å²) < 4.78 is 42.6. The Morgan fingerprint density at radius 2 is 1.55 bits per heavy atom. The summed E-state index contributed by atoms with van der Waals surface area (Å²) in [4.78, 5) is 144. The Morgan fingerprint density at radius 3 is 2.14 bits per heavy atom. The predicted octanol–water partition coefficient (Wildman–Crippen LogP) is 2.61. The molecule has 3 heterocycles. The number of piperazine rings is 1. The Labute approximate surface area is 550 Å². The molecule has 0 saturated carbocycles. The maximum atomic E-state index is 15.1. The van der Waals surface area contributed by atoms with Crippen molar-refractivity contribution in [3.8, 4) is 5.75 Å². The van der Waals surface area contributed by atoms with Crippen molar-refractivity contribution in [2.75, 3.05) is 67.0 Å². The molecule has 31 heteroatoms. The quantitative estimate of drug-likeness (QED) is 0.00591. The second-order valence-electron chi connectivity index (χ2n) is 23.1. The van der Waals surface area contributed by atoms with Crippen LogP contribution in [-0.2, 0) is 69.5 Å². The average Bonchev–Trinajstić information content (AvgIpc) is 1.90. The minimum atomic E-state index is -4.90. The molecule has 1 aromatic rings. The number of rotatable bonds is 35. The molecule has 3 aliphatic heterocycles. The first-order chi connectivity index (χ1) is 43.2. The van der Waals surface area contributed by atoms with Crippen molar-refractivity contribution in [3.63, 3.8) is 0 Å². The number of hydrogen-bond acceptors (Lipinski definition) is 19. The summed E-state index contributed by atoms with van der Waals surface area (Å²) in [7, 11) is -0.148. The Bertz CT molecular complexity index is 3010. The van der Waals surface area contributed by atoms with Gasteiger partial charge in [-0.2, -0.15) is 13.5 Å². The third-order valence-corrected chi connectivity index (χ3v) is 18.7. The van der Waals surface area contributed by atoms with Gasteiger partial charge in [0.25, 0.3) is 17.7 Å². The normalized spacial score (nSPS) is 18.5. The number of halogens is 1. The lowest BCUT2D eigenvalue weighted by molar-refractivity contribution is -0.149. The van der Waals surface area contributed by atoms with E-state index in [1.165, 1.54) is 55.8 Å². The maximum Gasteiger partial charge on any atom is 0.446 e. The monoisotopic (exact) mass is 1420 g/mol. The molecule has 5 rings (SSSR count). The number of unbranched alkanes of at least 4 members (excludes halogenated alkanes) is 1. The Kier molecular flexibility index (Phi) is 29.8. The van der Waals surface area contributed by atoms with Gasteiger partial charge >= 0.3 is 16.4 Å². The summed E-state index contributed by atoms with van der Waals surface area (Å²) in [5.41, 5.74) is 1.29. The highest BCUT2D eigenvalue weighted by Crippen LogP contribution is 2.32. The Hall–Kier alpha value is -6.97. The number of allylic oxidation sites excluding steroid dienone is 3. The van der Waals surface area contributed by atoms with Crippen LogP contribution in [0.1, 0.15) is 104 Å². The lowest BCUT2D eigenvalue weighted by Gasteiger charge is -2.38. The van der Waals surface area contributed by atoms with Crippen LogP contribution in [0.25, 0.3) is 0 Å². The molecule has 0 radical (unpaired) electrons. The standard InChI is InChI=1S/C60H88IN13O15S2/c1-9-38(4)53(68-54(79)43(61)35-63-6)60(84)70(7)47(37(2)3)34-49(88-39(5)75)57-67-46(36-90-57)58(82)71(8)48(33-41-20-22-42(23-21-41)89-91(85,86)87)56(81)65-44(18-13-14-26-64-69-62)55(80)66-45(32-40-16-11-10-12-17-40)59(83)73-30-28-72(29-31-73)50(76)19-15-27-74-51(77)24-25-52(74)78/h10-11,16,20-25,36-38,43-45,47-49,53,57,63,67H,9,12-15,17-19,26-35H2,1-8H3,(H2,62,64)(H,65,81)(H,66,80)(H,68,79)(H,85,86,87)/t38-,43+,44+,45-,47+,48-,49+,53-,57?/m0/s1. The first-order valence-electron chi connectivity index (χ1n) is 30.5. The van der Waals surface area contributed by atoms with Gasteiger partial charge in [0.2, 0.25) is 35.4 Å². The number of carbonyl (C=O) groups excluding carboxylic acids is 10. The lowest BCUT2D eigenvalue weighted by Crippen LogP contribution is -2.59. The van der Waals surface area contributed by atoms with E-state index in [2.05, 4.69) is 41.1 Å². The molecule has 4 aliphatic rings. The van der Waals surface area contributed by atoms with Crippen molar-refractivity contribution in [2.45, 2.75) is 151 Å². The minimum Gasteiger partial charge on any atom is -0.459 e. The van der Waals surface area contributed by atoms with Crippen LogP contribution in [0.15, 0.2) is 81.7 Å². The van der Waals surface area contributed by atoms with Gasteiger partial charge in [0.1, 0.15) is 51.0 Å². The number of amides is 9. The largest absolute Gasteiger partial charge is 0.459 e. The SMILES string of the molecule is CC[C@H](C)[C@H](NC(=O)[C@H](I)CNC)C(=O)N(C)[C@H](C[C@@H](OC(C)=O)C1NC(C(=O)N(C)[C@@H](Cc2ccc(OS(=O)(=O)O)cc2)C(=O)N[C@H](CCCCN=NN)C(=O)N[C@@H](CC2=CC=CCC2)C(=O)N2CCN(C(=O)CCCN3C(=O)C=CC3=O)CC2)=CS1)C(C)C. The molecule has 0 spiro atoms. The number of benzene rings is 1. The van der Waals surface area contributed by atoms with Crippen LogP contribution in [0.4, 0.5) is 0 Å². The fraction of sp³-hybridized carbons (Fsp3) is 0.600. The molecule has 28 nitrogen and oxygen atoms in total. The minimum absolute atomic E-state index is 0.0109. The average molecular weight is 1420 g/mol. The maximum absolute atomic E-state index is 15.1. The van der Waals surface area contributed by atoms with Crippen molar-refractivity contribution in [1.82, 2.24) is 51.1 Å². The van der Waals surface area contributed by atoms with E-state index in [0.717, 1.165) is 27.1 Å². The number of hydrogen-bond donors (Lipinski definition) is 7. The van der Waals surface area contributed by atoms with E-state index in [-0.39, 0.29) is 119 Å². The van der Waals surface area contributed by atoms with E-state index in [1.54, 1.807) is 28.8 Å². The molecule has 9 amide bonds. The lowest BCUT2D eigenvalue weighted by atomic mass is 9.92. The first kappa shape index (κ1) is 74.8. The van der Waals surface area contributed by atoms with E-state index in [4.69, 9.17) is 10.6 Å². The van der Waals surface area contributed by atoms with E-state index in [0.29, 0.717) is 44.2 Å². The topological polar surface area (TPSA) is 371 Å². The molecule has 1 unspecified atom stereocenters. The van der Waals surface area contributed by atoms with Crippen LogP contribution in [0, 0.1) is 11.8 Å². The summed E-state index contributed by atoms with van der Waals surface area (Å²) in [5.74, 6) is -0.342. The third-order valence-electron chi connectivity index (χ3n) is 16.2. The zero-order chi connectivity index (χ0) is 67.1. The fourth-order valence-corrected chi connectivity index (χ4v) is 12.8. The van der Waals surface area contributed by atoms with Crippen molar-refractivity contribution in [1.29, 1.82) is 0 Å². The molecule has 9 atom stereocenters. The van der Waals surface area contributed by atoms with Crippen molar-refractivity contribution >= 4 is 104 Å². The van der Waals surface area contributed by atoms with Crippen LogP contribution < -0.4 is 36.6 Å². The zero-order valence-electron chi connectivity index (χ0n) is 52.8. The molecule has 1 aliphatic carbocycles. The molecule has 1 saturated heterocycles. The van der Waals surface area contributed by atoms with E-state index in [1.807, 2.05) is 68.5 Å². The number of nitrogens with one attached hydrogen (secondary N) is 5. The highest BCUT2D eigenvalue weighted by molar-refractivity contribution is 14.1. The van der Waals surface area contributed by atoms with Gasteiger partial charge in [-0.3, -0.25) is 57.4 Å². The molecular formula is C60H88IN13O15S2. The van der Waals surface area contributed by atoms with Gasteiger partial charge < -0.3 is 60.9 Å². The number of nitrogens with zero attached hydrogens (tertiary/aromatic N) is 7. The van der Waals surface area contributed by atoms with Gasteiger partial charge in [0, 0.05) is 103 Å².